The zero-order valence-corrected chi connectivity index (χ0v) is 15.8. The molecule has 1 N–H and O–H groups in total. The second kappa shape index (κ2) is 8.27. The van der Waals surface area contributed by atoms with Crippen LogP contribution in [0.1, 0.15) is 43.2 Å². The van der Waals surface area contributed by atoms with Crippen molar-refractivity contribution in [1.29, 1.82) is 0 Å². The molecule has 2 aliphatic rings. The maximum atomic E-state index is 11.4. The van der Waals surface area contributed by atoms with E-state index in [1.54, 1.807) is 0 Å². The van der Waals surface area contributed by atoms with Crippen LogP contribution in [0.5, 0.6) is 0 Å². The third-order valence-corrected chi connectivity index (χ3v) is 5.76. The molecule has 2 aromatic rings. The van der Waals surface area contributed by atoms with E-state index >= 15 is 0 Å². The Morgan fingerprint density at radius 1 is 0.846 bits per heavy atom. The molecule has 0 spiro atoms. The molecule has 3 heteroatoms. The Labute approximate surface area is 162 Å². The van der Waals surface area contributed by atoms with Gasteiger partial charge in [0.2, 0.25) is 0 Å². The lowest BCUT2D eigenvalue weighted by Gasteiger charge is -2.33. The lowest BCUT2D eigenvalue weighted by molar-refractivity contribution is 0.143. The summed E-state index contributed by atoms with van der Waals surface area (Å²) in [6, 6.07) is 21.0. The van der Waals surface area contributed by atoms with Gasteiger partial charge in [0.1, 0.15) is 0 Å². The summed E-state index contributed by atoms with van der Waals surface area (Å²) in [5, 5.41) is 11.4. The summed E-state index contributed by atoms with van der Waals surface area (Å²) in [5.41, 5.74) is 0.405. The summed E-state index contributed by atoms with van der Waals surface area (Å²) in [6.45, 7) is 0.761. The van der Waals surface area contributed by atoms with Gasteiger partial charge >= 0.3 is 0 Å². The molecule has 0 saturated carbocycles. The maximum Gasteiger partial charge on any atom is 0.176 e. The van der Waals surface area contributed by atoms with Crippen LogP contribution in [-0.2, 0) is 5.60 Å². The molecule has 2 atom stereocenters. The van der Waals surface area contributed by atoms with Crippen LogP contribution in [-0.4, -0.2) is 28.6 Å². The number of nitrogens with zero attached hydrogens (tertiary/aromatic N) is 1. The predicted octanol–water partition coefficient (Wildman–Crippen LogP) is 4.36. The van der Waals surface area contributed by atoms with Crippen molar-refractivity contribution in [3.05, 3.63) is 71.8 Å². The third-order valence-electron chi connectivity index (χ3n) is 5.76. The average molecular weight is 368 g/mol. The van der Waals surface area contributed by atoms with Gasteiger partial charge in [0.05, 0.1) is 6.54 Å². The fourth-order valence-electron chi connectivity index (χ4n) is 4.41. The molecule has 0 radical (unpaired) electrons. The number of piperidine rings is 1. The minimum absolute atomic E-state index is 0. The monoisotopic (exact) mass is 367 g/mol. The zero-order valence-electron chi connectivity index (χ0n) is 15.0. The molecule has 0 amide bonds. The van der Waals surface area contributed by atoms with Gasteiger partial charge in [0.15, 0.2) is 5.60 Å². The molecule has 2 saturated heterocycles. The van der Waals surface area contributed by atoms with Gasteiger partial charge < -0.3 is 5.11 Å². The van der Waals surface area contributed by atoms with Crippen LogP contribution in [0.3, 0.4) is 0 Å². The molecule has 2 bridgehead atoms. The summed E-state index contributed by atoms with van der Waals surface area (Å²) in [6.07, 6.45) is 6.60. The van der Waals surface area contributed by atoms with Crippen molar-refractivity contribution < 1.29 is 5.11 Å². The van der Waals surface area contributed by atoms with Crippen molar-refractivity contribution >= 4 is 12.4 Å². The quantitative estimate of drug-likeness (QED) is 0.814. The van der Waals surface area contributed by atoms with Gasteiger partial charge in [-0.15, -0.1) is 12.4 Å². The Balaban J connectivity index is 0.00000196. The smallest absolute Gasteiger partial charge is 0.176 e. The summed E-state index contributed by atoms with van der Waals surface area (Å²) >= 11 is 0. The van der Waals surface area contributed by atoms with E-state index in [1.165, 1.54) is 32.1 Å². The van der Waals surface area contributed by atoms with Crippen LogP contribution in [0.4, 0.5) is 0 Å². The van der Waals surface area contributed by atoms with Crippen molar-refractivity contribution in [2.24, 2.45) is 0 Å². The van der Waals surface area contributed by atoms with E-state index in [1.807, 2.05) is 60.7 Å². The topological polar surface area (TPSA) is 23.5 Å². The summed E-state index contributed by atoms with van der Waals surface area (Å²) in [5.74, 6) is 6.53. The van der Waals surface area contributed by atoms with Gasteiger partial charge in [0.25, 0.3) is 0 Å². The van der Waals surface area contributed by atoms with E-state index in [-0.39, 0.29) is 12.4 Å². The Hall–Kier alpha value is -1.79. The van der Waals surface area contributed by atoms with Gasteiger partial charge in [-0.2, -0.15) is 0 Å². The number of aliphatic hydroxyl groups is 1. The largest absolute Gasteiger partial charge is 0.369 e. The van der Waals surface area contributed by atoms with Gasteiger partial charge in [-0.25, -0.2) is 0 Å². The Kier molecular flexibility index (Phi) is 6.04. The maximum absolute atomic E-state index is 11.4. The Morgan fingerprint density at radius 3 is 1.85 bits per heavy atom. The Morgan fingerprint density at radius 2 is 1.35 bits per heavy atom. The first-order chi connectivity index (χ1) is 12.3. The van der Waals surface area contributed by atoms with Crippen molar-refractivity contribution in [3.8, 4) is 11.8 Å². The van der Waals surface area contributed by atoms with Gasteiger partial charge in [-0.05, 0) is 25.7 Å². The van der Waals surface area contributed by atoms with Crippen molar-refractivity contribution in [1.82, 2.24) is 4.90 Å². The van der Waals surface area contributed by atoms with Crippen LogP contribution in [0.15, 0.2) is 60.7 Å². The van der Waals surface area contributed by atoms with Crippen LogP contribution >= 0.6 is 12.4 Å². The van der Waals surface area contributed by atoms with E-state index in [0.29, 0.717) is 12.1 Å². The first kappa shape index (κ1) is 19.0. The van der Waals surface area contributed by atoms with Gasteiger partial charge in [-0.1, -0.05) is 78.9 Å². The van der Waals surface area contributed by atoms with E-state index in [9.17, 15) is 5.11 Å². The van der Waals surface area contributed by atoms with Crippen molar-refractivity contribution in [2.45, 2.75) is 49.8 Å². The number of hydrogen-bond donors (Lipinski definition) is 1. The van der Waals surface area contributed by atoms with Crippen LogP contribution < -0.4 is 0 Å². The molecule has 2 aliphatic heterocycles. The lowest BCUT2D eigenvalue weighted by Crippen LogP contribution is -2.39. The van der Waals surface area contributed by atoms with Crippen molar-refractivity contribution in [2.75, 3.05) is 6.54 Å². The van der Waals surface area contributed by atoms with Crippen LogP contribution in [0.2, 0.25) is 0 Å². The zero-order chi connectivity index (χ0) is 17.1. The number of fused-ring (bicyclic) bond motifs is 2. The van der Waals surface area contributed by atoms with Crippen LogP contribution in [0.25, 0.3) is 0 Å². The highest BCUT2D eigenvalue weighted by molar-refractivity contribution is 5.85. The molecule has 2 aromatic carbocycles. The molecule has 2 heterocycles. The standard InChI is InChI=1S/C23H25NO.ClH/c25-23(19-9-3-1-4-10-19,20-11-5-2-6-12-20)17-8-18-24-21-13-7-14-22(24)16-15-21;/h1-6,9-12,21-22,25H,7,13-16,18H2;1H. The van der Waals surface area contributed by atoms with Crippen molar-refractivity contribution in [3.63, 3.8) is 0 Å². The highest BCUT2D eigenvalue weighted by Crippen LogP contribution is 2.35. The minimum atomic E-state index is -1.25. The van der Waals surface area contributed by atoms with Gasteiger partial charge in [0, 0.05) is 23.2 Å². The summed E-state index contributed by atoms with van der Waals surface area (Å²) in [7, 11) is 0. The molecular weight excluding hydrogens is 342 g/mol. The molecular formula is C23H26ClNO. The fourth-order valence-corrected chi connectivity index (χ4v) is 4.41. The molecule has 136 valence electrons. The molecule has 2 fully saturated rings. The number of rotatable bonds is 3. The molecule has 0 aromatic heterocycles. The second-order valence-electron chi connectivity index (χ2n) is 7.23. The number of hydrogen-bond acceptors (Lipinski definition) is 2. The van der Waals surface area contributed by atoms with E-state index < -0.39 is 5.60 Å². The highest BCUT2D eigenvalue weighted by Gasteiger charge is 2.36. The first-order valence-electron chi connectivity index (χ1n) is 9.36. The fraction of sp³-hybridized carbons (Fsp3) is 0.391. The Bertz CT molecular complexity index is 710. The number of halogens is 1. The number of benzene rings is 2. The first-order valence-corrected chi connectivity index (χ1v) is 9.36. The minimum Gasteiger partial charge on any atom is -0.369 e. The SMILES string of the molecule is Cl.OC(C#CCN1C2CCCC1CC2)(c1ccccc1)c1ccccc1. The van der Waals surface area contributed by atoms with E-state index in [2.05, 4.69) is 16.7 Å². The third kappa shape index (κ3) is 3.67. The van der Waals surface area contributed by atoms with E-state index in [0.717, 1.165) is 17.7 Å². The summed E-state index contributed by atoms with van der Waals surface area (Å²) < 4.78 is 0. The molecule has 4 rings (SSSR count). The molecule has 2 unspecified atom stereocenters. The highest BCUT2D eigenvalue weighted by atomic mass is 35.5. The van der Waals surface area contributed by atoms with E-state index in [4.69, 9.17) is 0 Å². The second-order valence-corrected chi connectivity index (χ2v) is 7.23. The summed E-state index contributed by atoms with van der Waals surface area (Å²) in [4.78, 5) is 2.56. The normalized spacial score (nSPS) is 22.2. The molecule has 2 nitrogen and oxygen atoms in total. The van der Waals surface area contributed by atoms with Gasteiger partial charge in [-0.3, -0.25) is 4.90 Å². The average Bonchev–Trinajstić information content (AvgIpc) is 2.90. The predicted molar refractivity (Wildman–Crippen MR) is 108 cm³/mol. The molecule has 0 aliphatic carbocycles. The van der Waals surface area contributed by atoms with Crippen LogP contribution in [0, 0.1) is 11.8 Å². The molecule has 26 heavy (non-hydrogen) atoms. The lowest BCUT2D eigenvalue weighted by atomic mass is 9.87.